The third-order valence-electron chi connectivity index (χ3n) is 6.80. The molecule has 0 aliphatic rings. The van der Waals surface area contributed by atoms with Gasteiger partial charge in [0.2, 0.25) is 0 Å². The molecule has 0 saturated carbocycles. The number of carbonyl (C=O) groups excluding carboxylic acids is 3. The van der Waals surface area contributed by atoms with Crippen molar-refractivity contribution in [1.29, 1.82) is 0 Å². The molecule has 45 heavy (non-hydrogen) atoms. The van der Waals surface area contributed by atoms with Crippen molar-refractivity contribution in [3.05, 3.63) is 83.9 Å². The number of benzene rings is 3. The van der Waals surface area contributed by atoms with Crippen molar-refractivity contribution < 1.29 is 33.3 Å². The van der Waals surface area contributed by atoms with Gasteiger partial charge >= 0.3 is 17.9 Å². The number of hydrogen-bond donors (Lipinski definition) is 2. The number of rotatable bonds is 19. The summed E-state index contributed by atoms with van der Waals surface area (Å²) in [5, 5.41) is 0. The summed E-state index contributed by atoms with van der Waals surface area (Å²) in [6.45, 7) is 3.07. The molecule has 3 rings (SSSR count). The minimum atomic E-state index is -0.510. The highest BCUT2D eigenvalue weighted by Gasteiger charge is 2.09. The van der Waals surface area contributed by atoms with E-state index in [9.17, 15) is 14.4 Å². The molecule has 0 heterocycles. The van der Waals surface area contributed by atoms with Gasteiger partial charge in [0.15, 0.2) is 0 Å². The molecule has 0 saturated heterocycles. The van der Waals surface area contributed by atoms with Crippen LogP contribution >= 0.6 is 0 Å². The molecule has 9 heteroatoms. The van der Waals surface area contributed by atoms with Crippen LogP contribution in [0.4, 0.5) is 11.4 Å². The standard InChI is InChI=1S/C36H44N2O7/c1-2-3-8-11-34(39)44-32-17-19-33(20-18-32)45-35(40)21-14-27-12-15-31(16-13-27)42-22-9-6-4-5-7-10-23-43-36(41)28-24-29(37)26-30(38)25-28/h12-21,24-26H,2-11,22-23,37-38H2,1H3. The van der Waals surface area contributed by atoms with Gasteiger partial charge in [-0.25, -0.2) is 9.59 Å². The number of carbonyl (C=O) groups is 3. The largest absolute Gasteiger partial charge is 0.494 e. The first-order valence-electron chi connectivity index (χ1n) is 15.6. The lowest BCUT2D eigenvalue weighted by Gasteiger charge is -2.07. The van der Waals surface area contributed by atoms with E-state index in [-0.39, 0.29) is 5.97 Å². The second-order valence-electron chi connectivity index (χ2n) is 10.7. The minimum Gasteiger partial charge on any atom is -0.494 e. The quantitative estimate of drug-likeness (QED) is 0.0460. The van der Waals surface area contributed by atoms with Crippen molar-refractivity contribution in [2.24, 2.45) is 0 Å². The van der Waals surface area contributed by atoms with Gasteiger partial charge in [-0.3, -0.25) is 4.79 Å². The van der Waals surface area contributed by atoms with Crippen molar-refractivity contribution in [2.75, 3.05) is 24.7 Å². The lowest BCUT2D eigenvalue weighted by atomic mass is 10.1. The predicted molar refractivity (Wildman–Crippen MR) is 176 cm³/mol. The highest BCUT2D eigenvalue weighted by Crippen LogP contribution is 2.20. The molecule has 0 aliphatic carbocycles. The number of nitrogens with two attached hydrogens (primary N) is 2. The summed E-state index contributed by atoms with van der Waals surface area (Å²) in [6, 6.07) is 18.6. The van der Waals surface area contributed by atoms with Crippen LogP contribution < -0.4 is 25.7 Å². The Bertz CT molecular complexity index is 1370. The Morgan fingerprint density at radius 1 is 0.667 bits per heavy atom. The molecular weight excluding hydrogens is 572 g/mol. The molecule has 0 bridgehead atoms. The smallest absolute Gasteiger partial charge is 0.338 e. The zero-order chi connectivity index (χ0) is 32.3. The predicted octanol–water partition coefficient (Wildman–Crippen LogP) is 7.53. The van der Waals surface area contributed by atoms with Gasteiger partial charge in [-0.05, 0) is 85.5 Å². The second kappa shape index (κ2) is 19.5. The lowest BCUT2D eigenvalue weighted by Crippen LogP contribution is -2.07. The zero-order valence-electron chi connectivity index (χ0n) is 26.0. The average molecular weight is 617 g/mol. The van der Waals surface area contributed by atoms with Crippen LogP contribution in [0.1, 0.15) is 87.1 Å². The molecule has 9 nitrogen and oxygen atoms in total. The zero-order valence-corrected chi connectivity index (χ0v) is 26.0. The molecule has 0 aromatic heterocycles. The van der Waals surface area contributed by atoms with E-state index in [4.69, 9.17) is 30.4 Å². The van der Waals surface area contributed by atoms with Gasteiger partial charge in [0.1, 0.15) is 17.2 Å². The molecular formula is C36H44N2O7. The number of ether oxygens (including phenoxy) is 4. The number of anilines is 2. The summed E-state index contributed by atoms with van der Waals surface area (Å²) >= 11 is 0. The third-order valence-corrected chi connectivity index (χ3v) is 6.80. The first-order chi connectivity index (χ1) is 21.8. The fraction of sp³-hybridized carbons (Fsp3) is 0.361. The summed E-state index contributed by atoms with van der Waals surface area (Å²) in [5.41, 5.74) is 13.5. The van der Waals surface area contributed by atoms with Crippen molar-refractivity contribution >= 4 is 35.4 Å². The van der Waals surface area contributed by atoms with Crippen molar-refractivity contribution in [1.82, 2.24) is 0 Å². The van der Waals surface area contributed by atoms with Gasteiger partial charge < -0.3 is 30.4 Å². The molecule has 4 N–H and O–H groups in total. The Balaban J connectivity index is 1.23. The lowest BCUT2D eigenvalue weighted by molar-refractivity contribution is -0.134. The van der Waals surface area contributed by atoms with E-state index in [1.807, 2.05) is 24.3 Å². The van der Waals surface area contributed by atoms with Crippen LogP contribution in [0, 0.1) is 0 Å². The van der Waals surface area contributed by atoms with E-state index in [0.717, 1.165) is 69.1 Å². The molecule has 0 fully saturated rings. The van der Waals surface area contributed by atoms with Gasteiger partial charge in [-0.1, -0.05) is 57.6 Å². The molecule has 3 aromatic rings. The maximum Gasteiger partial charge on any atom is 0.338 e. The van der Waals surface area contributed by atoms with Crippen LogP contribution in [0.15, 0.2) is 72.8 Å². The monoisotopic (exact) mass is 616 g/mol. The van der Waals surface area contributed by atoms with Crippen LogP contribution in [0.5, 0.6) is 17.2 Å². The molecule has 0 unspecified atom stereocenters. The van der Waals surface area contributed by atoms with E-state index < -0.39 is 11.9 Å². The van der Waals surface area contributed by atoms with Crippen LogP contribution in [0.3, 0.4) is 0 Å². The summed E-state index contributed by atoms with van der Waals surface area (Å²) in [5.74, 6) is 0.366. The highest BCUT2D eigenvalue weighted by atomic mass is 16.5. The second-order valence-corrected chi connectivity index (χ2v) is 10.7. The fourth-order valence-corrected chi connectivity index (χ4v) is 4.41. The molecule has 0 aliphatic heterocycles. The first-order valence-corrected chi connectivity index (χ1v) is 15.6. The normalized spacial score (nSPS) is 10.9. The Morgan fingerprint density at radius 2 is 1.24 bits per heavy atom. The number of nitrogen functional groups attached to an aromatic ring is 2. The number of unbranched alkanes of at least 4 members (excludes halogenated alkanes) is 7. The maximum absolute atomic E-state index is 12.2. The Morgan fingerprint density at radius 3 is 1.89 bits per heavy atom. The van der Waals surface area contributed by atoms with E-state index in [0.29, 0.717) is 48.1 Å². The highest BCUT2D eigenvalue weighted by molar-refractivity contribution is 5.91. The SMILES string of the molecule is CCCCCC(=O)Oc1ccc(OC(=O)C=Cc2ccc(OCCCCCCCCOC(=O)c3cc(N)cc(N)c3)cc2)cc1. The Labute approximate surface area is 265 Å². The van der Waals surface area contributed by atoms with Crippen molar-refractivity contribution in [3.8, 4) is 17.2 Å². The molecule has 240 valence electrons. The van der Waals surface area contributed by atoms with E-state index in [2.05, 4.69) is 6.92 Å². The summed E-state index contributed by atoms with van der Waals surface area (Å²) in [4.78, 5) is 36.1. The molecule has 0 amide bonds. The van der Waals surface area contributed by atoms with E-state index >= 15 is 0 Å². The van der Waals surface area contributed by atoms with Crippen LogP contribution in [-0.4, -0.2) is 31.1 Å². The van der Waals surface area contributed by atoms with Crippen LogP contribution in [0.2, 0.25) is 0 Å². The topological polar surface area (TPSA) is 140 Å². The van der Waals surface area contributed by atoms with E-state index in [1.165, 1.54) is 6.08 Å². The van der Waals surface area contributed by atoms with Gasteiger partial charge in [0.25, 0.3) is 0 Å². The van der Waals surface area contributed by atoms with Crippen LogP contribution in [-0.2, 0) is 14.3 Å². The van der Waals surface area contributed by atoms with Gasteiger partial charge in [-0.2, -0.15) is 0 Å². The third kappa shape index (κ3) is 14.0. The first kappa shape index (κ1) is 34.7. The number of hydrogen-bond acceptors (Lipinski definition) is 9. The van der Waals surface area contributed by atoms with Crippen molar-refractivity contribution in [3.63, 3.8) is 0 Å². The minimum absolute atomic E-state index is 0.267. The summed E-state index contributed by atoms with van der Waals surface area (Å²) in [7, 11) is 0. The van der Waals surface area contributed by atoms with Gasteiger partial charge in [-0.15, -0.1) is 0 Å². The van der Waals surface area contributed by atoms with Gasteiger partial charge in [0.05, 0.1) is 18.8 Å². The Kier molecular flexibility index (Phi) is 15.0. The van der Waals surface area contributed by atoms with E-state index in [1.54, 1.807) is 48.5 Å². The molecule has 3 aromatic carbocycles. The number of esters is 3. The summed E-state index contributed by atoms with van der Waals surface area (Å²) < 4.78 is 21.8. The van der Waals surface area contributed by atoms with Crippen molar-refractivity contribution in [2.45, 2.75) is 71.1 Å². The molecule has 0 atom stereocenters. The maximum atomic E-state index is 12.2. The molecule has 0 spiro atoms. The Hall–Kier alpha value is -4.79. The van der Waals surface area contributed by atoms with Crippen LogP contribution in [0.25, 0.3) is 6.08 Å². The average Bonchev–Trinajstić information content (AvgIpc) is 3.02. The molecule has 0 radical (unpaired) electrons. The fourth-order valence-electron chi connectivity index (χ4n) is 4.41. The van der Waals surface area contributed by atoms with Gasteiger partial charge in [0, 0.05) is 23.9 Å². The summed E-state index contributed by atoms with van der Waals surface area (Å²) in [6.07, 6.45) is 12.2.